The summed E-state index contributed by atoms with van der Waals surface area (Å²) in [6.45, 7) is 8.95. The Kier molecular flexibility index (Phi) is 4.30. The third-order valence-corrected chi connectivity index (χ3v) is 8.31. The third-order valence-electron chi connectivity index (χ3n) is 8.31. The molecule has 4 aliphatic rings. The molecule has 0 saturated heterocycles. The van der Waals surface area contributed by atoms with Gasteiger partial charge in [-0.15, -0.1) is 0 Å². The number of aliphatic hydroxyl groups is 1. The number of rotatable bonds is 2. The van der Waals surface area contributed by atoms with E-state index in [1.54, 1.807) is 5.57 Å². The Morgan fingerprint density at radius 3 is 2.64 bits per heavy atom. The number of hydrogen-bond acceptors (Lipinski definition) is 3. The lowest BCUT2D eigenvalue weighted by molar-refractivity contribution is -0.0722. The van der Waals surface area contributed by atoms with E-state index in [0.29, 0.717) is 5.41 Å². The minimum atomic E-state index is -0.0681. The smallest absolute Gasteiger partial charge is 0.122 e. The van der Waals surface area contributed by atoms with Crippen LogP contribution in [0.2, 0.25) is 0 Å². The summed E-state index contributed by atoms with van der Waals surface area (Å²) in [5.74, 6) is 2.34. The maximum Gasteiger partial charge on any atom is 0.122 e. The van der Waals surface area contributed by atoms with Gasteiger partial charge in [0.25, 0.3) is 0 Å². The van der Waals surface area contributed by atoms with Crippen LogP contribution in [0.25, 0.3) is 0 Å². The second kappa shape index (κ2) is 6.11. The topological polar surface area (TPSA) is 41.8 Å². The average Bonchev–Trinajstić information content (AvgIpc) is 2.88. The van der Waals surface area contributed by atoms with E-state index in [2.05, 4.69) is 25.1 Å². The van der Waals surface area contributed by atoms with Crippen LogP contribution >= 0.6 is 0 Å². The van der Waals surface area contributed by atoms with Crippen LogP contribution in [0.15, 0.2) is 16.8 Å². The van der Waals surface area contributed by atoms with Crippen LogP contribution in [-0.4, -0.2) is 23.0 Å². The van der Waals surface area contributed by atoms with Gasteiger partial charge < -0.3 is 9.94 Å². The molecule has 3 fully saturated rings. The molecule has 6 atom stereocenters. The molecule has 4 rings (SSSR count). The molecule has 0 heterocycles. The monoisotopic (exact) mass is 345 g/mol. The number of nitrogens with zero attached hydrogens (tertiary/aromatic N) is 1. The van der Waals surface area contributed by atoms with Crippen LogP contribution in [0, 0.1) is 28.6 Å². The molecule has 0 amide bonds. The van der Waals surface area contributed by atoms with Crippen molar-refractivity contribution in [3.8, 4) is 0 Å². The minimum Gasteiger partial charge on any atom is -0.393 e. The molecule has 1 N–H and O–H groups in total. The van der Waals surface area contributed by atoms with Gasteiger partial charge in [-0.05, 0) is 99.9 Å². The fourth-order valence-corrected chi connectivity index (χ4v) is 6.79. The summed E-state index contributed by atoms with van der Waals surface area (Å²) >= 11 is 0. The number of allylic oxidation sites excluding steroid dienone is 2. The van der Waals surface area contributed by atoms with Gasteiger partial charge in [-0.3, -0.25) is 0 Å². The summed E-state index contributed by atoms with van der Waals surface area (Å²) < 4.78 is 0. The van der Waals surface area contributed by atoms with Crippen LogP contribution in [0.5, 0.6) is 0 Å². The Balaban J connectivity index is 1.59. The summed E-state index contributed by atoms with van der Waals surface area (Å²) in [7, 11) is 0. The van der Waals surface area contributed by atoms with Crippen molar-refractivity contribution in [3.63, 3.8) is 0 Å². The molecule has 0 aromatic rings. The number of aliphatic hydroxyl groups excluding tert-OH is 1. The fourth-order valence-electron chi connectivity index (χ4n) is 6.79. The normalized spacial score (nSPS) is 47.9. The zero-order chi connectivity index (χ0) is 17.8. The van der Waals surface area contributed by atoms with Crippen molar-refractivity contribution < 1.29 is 9.94 Å². The lowest BCUT2D eigenvalue weighted by Gasteiger charge is -2.57. The van der Waals surface area contributed by atoms with Gasteiger partial charge in [0.15, 0.2) is 0 Å². The molecule has 3 saturated carbocycles. The van der Waals surface area contributed by atoms with E-state index in [9.17, 15) is 5.11 Å². The predicted molar refractivity (Wildman–Crippen MR) is 101 cm³/mol. The Morgan fingerprint density at radius 2 is 1.88 bits per heavy atom. The highest BCUT2D eigenvalue weighted by molar-refractivity contribution is 5.96. The number of hydrogen-bond donors (Lipinski definition) is 1. The Hall–Kier alpha value is -0.830. The number of oxime groups is 1. The van der Waals surface area contributed by atoms with Crippen molar-refractivity contribution in [2.45, 2.75) is 91.3 Å². The molecular formula is C22H35NO2. The van der Waals surface area contributed by atoms with Gasteiger partial charge in [0, 0.05) is 0 Å². The van der Waals surface area contributed by atoms with Crippen LogP contribution in [-0.2, 0) is 4.84 Å². The lowest BCUT2D eigenvalue weighted by Crippen LogP contribution is -2.51. The zero-order valence-corrected chi connectivity index (χ0v) is 16.4. The second-order valence-corrected chi connectivity index (χ2v) is 9.88. The molecule has 4 aliphatic carbocycles. The quantitative estimate of drug-likeness (QED) is 0.708. The molecule has 0 bridgehead atoms. The maximum atomic E-state index is 10.6. The van der Waals surface area contributed by atoms with Gasteiger partial charge >= 0.3 is 0 Å². The lowest BCUT2D eigenvalue weighted by atomic mass is 9.47. The van der Waals surface area contributed by atoms with Gasteiger partial charge in [-0.25, -0.2) is 0 Å². The first kappa shape index (κ1) is 17.6. The van der Waals surface area contributed by atoms with E-state index < -0.39 is 0 Å². The van der Waals surface area contributed by atoms with E-state index in [4.69, 9.17) is 4.84 Å². The molecule has 3 nitrogen and oxygen atoms in total. The van der Waals surface area contributed by atoms with E-state index >= 15 is 0 Å². The second-order valence-electron chi connectivity index (χ2n) is 9.88. The summed E-state index contributed by atoms with van der Waals surface area (Å²) in [6, 6.07) is 0. The molecule has 0 radical (unpaired) electrons. The van der Waals surface area contributed by atoms with Gasteiger partial charge in [-0.1, -0.05) is 24.6 Å². The van der Waals surface area contributed by atoms with Crippen LogP contribution < -0.4 is 0 Å². The highest BCUT2D eigenvalue weighted by atomic mass is 16.6. The van der Waals surface area contributed by atoms with Gasteiger partial charge in [0.1, 0.15) is 6.10 Å². The highest BCUT2D eigenvalue weighted by Crippen LogP contribution is 2.65. The number of fused-ring (bicyclic) bond motifs is 5. The first-order valence-corrected chi connectivity index (χ1v) is 10.5. The molecule has 25 heavy (non-hydrogen) atoms. The van der Waals surface area contributed by atoms with E-state index in [1.807, 2.05) is 13.8 Å². The molecule has 0 aromatic heterocycles. The molecule has 0 unspecified atom stereocenters. The SMILES string of the molecule is CC(C)O/N=C1\C=C2CC[C@H]3[C@@H]4CC[C@H](O)[C@@]4(C)CC[C@@H]3[C@@]2(C)CC1. The average molecular weight is 346 g/mol. The van der Waals surface area contributed by atoms with E-state index in [-0.39, 0.29) is 17.6 Å². The van der Waals surface area contributed by atoms with Crippen molar-refractivity contribution in [3.05, 3.63) is 11.6 Å². The predicted octanol–water partition coefficient (Wildman–Crippen LogP) is 5.09. The molecule has 0 aromatic carbocycles. The summed E-state index contributed by atoms with van der Waals surface area (Å²) in [5, 5.41) is 15.0. The van der Waals surface area contributed by atoms with Crippen molar-refractivity contribution in [2.24, 2.45) is 33.7 Å². The molecule has 3 heteroatoms. The van der Waals surface area contributed by atoms with Crippen LogP contribution in [0.4, 0.5) is 0 Å². The highest BCUT2D eigenvalue weighted by Gasteiger charge is 2.58. The largest absolute Gasteiger partial charge is 0.393 e. The standard InChI is InChI=1S/C22H35NO2/c1-14(2)25-23-16-9-11-21(3)15(13-16)5-6-17-18-7-8-20(24)22(18,4)12-10-19(17)21/h13-14,17-20,24H,5-12H2,1-4H3/b23-16-/t17-,18-,19-,20-,21-,22-/m0/s1. The maximum absolute atomic E-state index is 10.6. The van der Waals surface area contributed by atoms with Crippen LogP contribution in [0.3, 0.4) is 0 Å². The van der Waals surface area contributed by atoms with E-state index in [0.717, 1.165) is 36.3 Å². The summed E-state index contributed by atoms with van der Waals surface area (Å²) in [4.78, 5) is 5.50. The minimum absolute atomic E-state index is 0.0681. The zero-order valence-electron chi connectivity index (χ0n) is 16.4. The van der Waals surface area contributed by atoms with Gasteiger partial charge in [0.05, 0.1) is 11.8 Å². The molecule has 0 aliphatic heterocycles. The van der Waals surface area contributed by atoms with Crippen molar-refractivity contribution in [2.75, 3.05) is 0 Å². The first-order valence-electron chi connectivity index (χ1n) is 10.5. The summed E-state index contributed by atoms with van der Waals surface area (Å²) in [5.41, 5.74) is 3.28. The van der Waals surface area contributed by atoms with Crippen molar-refractivity contribution >= 4 is 5.71 Å². The molecule has 140 valence electrons. The fraction of sp³-hybridized carbons (Fsp3) is 0.864. The first-order chi connectivity index (χ1) is 11.8. The van der Waals surface area contributed by atoms with Crippen molar-refractivity contribution in [1.29, 1.82) is 0 Å². The Bertz CT molecular complexity index is 595. The third kappa shape index (κ3) is 2.69. The van der Waals surface area contributed by atoms with Gasteiger partial charge in [0.2, 0.25) is 0 Å². The van der Waals surface area contributed by atoms with Gasteiger partial charge in [-0.2, -0.15) is 0 Å². The Morgan fingerprint density at radius 1 is 1.08 bits per heavy atom. The Labute approximate surface area is 152 Å². The molecule has 0 spiro atoms. The van der Waals surface area contributed by atoms with Crippen molar-refractivity contribution in [1.82, 2.24) is 0 Å². The molecular weight excluding hydrogens is 310 g/mol. The van der Waals surface area contributed by atoms with E-state index in [1.165, 1.54) is 38.5 Å². The summed E-state index contributed by atoms with van der Waals surface area (Å²) in [6.07, 6.45) is 12.0. The van der Waals surface area contributed by atoms with Crippen LogP contribution in [0.1, 0.15) is 79.1 Å².